The van der Waals surface area contributed by atoms with Gasteiger partial charge >= 0.3 is 0 Å². The third-order valence-corrected chi connectivity index (χ3v) is 2.92. The largest absolute Gasteiger partial charge is 0.507 e. The molecule has 2 aromatic rings. The van der Waals surface area contributed by atoms with Gasteiger partial charge in [0.2, 0.25) is 0 Å². The lowest BCUT2D eigenvalue weighted by molar-refractivity contribution is 0.100. The summed E-state index contributed by atoms with van der Waals surface area (Å²) in [6.07, 6.45) is 0. The molecule has 116 valence electrons. The number of nitrogens with two attached hydrogens (primary N) is 2. The van der Waals surface area contributed by atoms with Crippen molar-refractivity contribution in [1.29, 1.82) is 0 Å². The standard InChI is InChI=1S/C15H10F2N4O2/c1-20-10-4-5-11(22)13(14(23)21-15(18)19)12(10)8-6-7(16)2-3-9(8)17/h2-6,22H,(H4,18,19,21,23). The zero-order chi connectivity index (χ0) is 17.1. The van der Waals surface area contributed by atoms with Crippen molar-refractivity contribution in [2.24, 2.45) is 16.5 Å². The highest BCUT2D eigenvalue weighted by Crippen LogP contribution is 2.40. The van der Waals surface area contributed by atoms with Gasteiger partial charge in [-0.2, -0.15) is 4.99 Å². The molecule has 0 spiro atoms. The average Bonchev–Trinajstić information content (AvgIpc) is 2.48. The molecule has 8 heteroatoms. The summed E-state index contributed by atoms with van der Waals surface area (Å²) < 4.78 is 27.5. The van der Waals surface area contributed by atoms with E-state index in [9.17, 15) is 18.7 Å². The van der Waals surface area contributed by atoms with Crippen molar-refractivity contribution in [3.8, 4) is 16.9 Å². The summed E-state index contributed by atoms with van der Waals surface area (Å²) in [6.45, 7) is 7.14. The Bertz CT molecular complexity index is 869. The fraction of sp³-hybridized carbons (Fsp3) is 0. The average molecular weight is 316 g/mol. The number of guanidine groups is 1. The van der Waals surface area contributed by atoms with E-state index >= 15 is 0 Å². The molecule has 0 unspecified atom stereocenters. The molecule has 0 aromatic heterocycles. The van der Waals surface area contributed by atoms with Gasteiger partial charge in [0.25, 0.3) is 5.91 Å². The van der Waals surface area contributed by atoms with Crippen LogP contribution in [-0.2, 0) is 0 Å². The maximum atomic E-state index is 14.1. The highest BCUT2D eigenvalue weighted by atomic mass is 19.1. The van der Waals surface area contributed by atoms with E-state index in [-0.39, 0.29) is 16.8 Å². The number of aromatic hydroxyl groups is 1. The molecule has 0 fully saturated rings. The van der Waals surface area contributed by atoms with Crippen molar-refractivity contribution in [1.82, 2.24) is 0 Å². The topological polar surface area (TPSA) is 106 Å². The predicted octanol–water partition coefficient (Wildman–Crippen LogP) is 2.30. The number of benzene rings is 2. The molecule has 0 bridgehead atoms. The van der Waals surface area contributed by atoms with Gasteiger partial charge in [-0.15, -0.1) is 0 Å². The number of carbonyl (C=O) groups is 1. The van der Waals surface area contributed by atoms with Crippen LogP contribution in [0, 0.1) is 18.2 Å². The van der Waals surface area contributed by atoms with E-state index in [1.807, 2.05) is 0 Å². The Kier molecular flexibility index (Phi) is 4.23. The van der Waals surface area contributed by atoms with Crippen LogP contribution in [0.15, 0.2) is 35.3 Å². The molecule has 0 radical (unpaired) electrons. The first-order valence-corrected chi connectivity index (χ1v) is 6.18. The smallest absolute Gasteiger partial charge is 0.283 e. The van der Waals surface area contributed by atoms with Crippen LogP contribution >= 0.6 is 0 Å². The third-order valence-electron chi connectivity index (χ3n) is 2.92. The molecule has 5 N–H and O–H groups in total. The summed E-state index contributed by atoms with van der Waals surface area (Å²) in [5, 5.41) is 9.93. The van der Waals surface area contributed by atoms with E-state index in [4.69, 9.17) is 18.0 Å². The molecule has 0 saturated carbocycles. The van der Waals surface area contributed by atoms with E-state index in [0.29, 0.717) is 0 Å². The van der Waals surface area contributed by atoms with Crippen LogP contribution in [0.3, 0.4) is 0 Å². The summed E-state index contributed by atoms with van der Waals surface area (Å²) in [4.78, 5) is 18.6. The predicted molar refractivity (Wildman–Crippen MR) is 79.9 cm³/mol. The SMILES string of the molecule is [C-]#[N+]c1ccc(O)c(C(=O)N=C(N)N)c1-c1cc(F)ccc1F. The number of carbonyl (C=O) groups excluding carboxylic acids is 1. The second-order valence-electron chi connectivity index (χ2n) is 4.43. The maximum absolute atomic E-state index is 14.1. The zero-order valence-electron chi connectivity index (χ0n) is 11.5. The van der Waals surface area contributed by atoms with Crippen LogP contribution in [0.1, 0.15) is 10.4 Å². The van der Waals surface area contributed by atoms with Crippen LogP contribution < -0.4 is 11.5 Å². The first-order valence-electron chi connectivity index (χ1n) is 6.18. The number of nitrogens with zero attached hydrogens (tertiary/aromatic N) is 2. The first-order chi connectivity index (χ1) is 10.8. The van der Waals surface area contributed by atoms with Crippen LogP contribution in [0.25, 0.3) is 16.0 Å². The molecule has 0 aliphatic carbocycles. The molecule has 0 heterocycles. The fourth-order valence-corrected chi connectivity index (χ4v) is 2.03. The number of halogens is 2. The molecule has 0 saturated heterocycles. The molecule has 6 nitrogen and oxygen atoms in total. The Labute approximate surface area is 129 Å². The van der Waals surface area contributed by atoms with Gasteiger partial charge in [-0.3, -0.25) is 4.79 Å². The van der Waals surface area contributed by atoms with Crippen molar-refractivity contribution >= 4 is 17.6 Å². The monoisotopic (exact) mass is 316 g/mol. The number of rotatable bonds is 2. The fourth-order valence-electron chi connectivity index (χ4n) is 2.03. The Balaban J connectivity index is 2.88. The number of phenolic OH excluding ortho intramolecular Hbond substituents is 1. The van der Waals surface area contributed by atoms with Gasteiger partial charge < -0.3 is 16.6 Å². The minimum absolute atomic E-state index is 0.165. The Morgan fingerprint density at radius 2 is 1.91 bits per heavy atom. The molecule has 0 aliphatic rings. The summed E-state index contributed by atoms with van der Waals surface area (Å²) >= 11 is 0. The highest BCUT2D eigenvalue weighted by molar-refractivity contribution is 6.10. The first kappa shape index (κ1) is 15.9. The Hall–Kier alpha value is -3.47. The van der Waals surface area contributed by atoms with Crippen LogP contribution in [0.4, 0.5) is 14.5 Å². The second kappa shape index (κ2) is 6.11. The number of hydrogen-bond acceptors (Lipinski definition) is 2. The lowest BCUT2D eigenvalue weighted by Crippen LogP contribution is -2.24. The molecule has 2 aromatic carbocycles. The number of aliphatic imine (C=N–C) groups is 1. The van der Waals surface area contributed by atoms with Crippen molar-refractivity contribution in [3.63, 3.8) is 0 Å². The third kappa shape index (κ3) is 3.08. The minimum Gasteiger partial charge on any atom is -0.507 e. The lowest BCUT2D eigenvalue weighted by atomic mass is 9.95. The van der Waals surface area contributed by atoms with E-state index in [1.165, 1.54) is 6.07 Å². The number of phenols is 1. The van der Waals surface area contributed by atoms with Crippen LogP contribution in [0.2, 0.25) is 0 Å². The molecular formula is C15H10F2N4O2. The van der Waals surface area contributed by atoms with E-state index in [1.54, 1.807) is 0 Å². The summed E-state index contributed by atoms with van der Waals surface area (Å²) in [5.74, 6) is -3.87. The molecule has 2 rings (SSSR count). The Morgan fingerprint density at radius 3 is 2.52 bits per heavy atom. The van der Waals surface area contributed by atoms with Gasteiger partial charge in [0.1, 0.15) is 17.4 Å². The molecular weight excluding hydrogens is 306 g/mol. The van der Waals surface area contributed by atoms with Gasteiger partial charge in [0.15, 0.2) is 11.6 Å². The van der Waals surface area contributed by atoms with Crippen LogP contribution in [-0.4, -0.2) is 17.0 Å². The summed E-state index contributed by atoms with van der Waals surface area (Å²) in [5.41, 5.74) is 8.95. The molecule has 0 atom stereocenters. The van der Waals surface area contributed by atoms with Crippen molar-refractivity contribution < 1.29 is 18.7 Å². The maximum Gasteiger partial charge on any atom is 0.283 e. The van der Waals surface area contributed by atoms with Gasteiger partial charge in [-0.1, -0.05) is 6.07 Å². The van der Waals surface area contributed by atoms with Gasteiger partial charge in [0, 0.05) is 11.1 Å². The van der Waals surface area contributed by atoms with E-state index in [2.05, 4.69) is 9.84 Å². The van der Waals surface area contributed by atoms with Crippen molar-refractivity contribution in [2.75, 3.05) is 0 Å². The van der Waals surface area contributed by atoms with Crippen LogP contribution in [0.5, 0.6) is 5.75 Å². The van der Waals surface area contributed by atoms with Gasteiger partial charge in [-0.05, 0) is 24.3 Å². The molecule has 23 heavy (non-hydrogen) atoms. The molecule has 1 amide bonds. The lowest BCUT2D eigenvalue weighted by Gasteiger charge is -2.12. The number of amides is 1. The second-order valence-corrected chi connectivity index (χ2v) is 4.43. The zero-order valence-corrected chi connectivity index (χ0v) is 11.5. The highest BCUT2D eigenvalue weighted by Gasteiger charge is 2.23. The van der Waals surface area contributed by atoms with Crippen molar-refractivity contribution in [2.45, 2.75) is 0 Å². The quantitative estimate of drug-likeness (QED) is 0.449. The van der Waals surface area contributed by atoms with Gasteiger partial charge in [0.05, 0.1) is 12.1 Å². The minimum atomic E-state index is -1.08. The normalized spacial score (nSPS) is 9.96. The Morgan fingerprint density at radius 1 is 1.22 bits per heavy atom. The van der Waals surface area contributed by atoms with Crippen molar-refractivity contribution in [3.05, 3.63) is 58.9 Å². The van der Waals surface area contributed by atoms with Gasteiger partial charge in [-0.25, -0.2) is 13.6 Å². The molecule has 0 aliphatic heterocycles. The van der Waals surface area contributed by atoms with E-state index in [0.717, 1.165) is 24.3 Å². The van der Waals surface area contributed by atoms with E-state index < -0.39 is 34.8 Å². The summed E-state index contributed by atoms with van der Waals surface area (Å²) in [6, 6.07) is 4.79. The number of hydrogen-bond donors (Lipinski definition) is 3. The summed E-state index contributed by atoms with van der Waals surface area (Å²) in [7, 11) is 0.